The maximum absolute atomic E-state index is 7.21. The highest BCUT2D eigenvalue weighted by molar-refractivity contribution is 7.26. The third kappa shape index (κ3) is 6.88. The fourth-order valence-corrected chi connectivity index (χ4v) is 11.1. The van der Waals surface area contributed by atoms with Crippen molar-refractivity contribution in [2.45, 2.75) is 0 Å². The van der Waals surface area contributed by atoms with Crippen molar-refractivity contribution in [1.82, 2.24) is 0 Å². The van der Waals surface area contributed by atoms with E-state index in [9.17, 15) is 0 Å². The zero-order valence-corrected chi connectivity index (χ0v) is 37.3. The second-order valence-corrected chi connectivity index (χ2v) is 18.3. The number of hydrogen-bond donors (Lipinski definition) is 0. The van der Waals surface area contributed by atoms with Gasteiger partial charge in [-0.1, -0.05) is 188 Å². The molecule has 0 fully saturated rings. The molecule has 0 unspecified atom stereocenters. The number of benzene rings is 11. The van der Waals surface area contributed by atoms with Crippen LogP contribution in [-0.2, 0) is 0 Å². The molecule has 0 bridgehead atoms. The van der Waals surface area contributed by atoms with Crippen molar-refractivity contribution < 1.29 is 4.42 Å². The average Bonchev–Trinajstić information content (AvgIpc) is 3.99. The fraction of sp³-hybridized carbons (Fsp3) is 0. The van der Waals surface area contributed by atoms with Crippen LogP contribution in [0.15, 0.2) is 253 Å². The molecule has 2 aromatic heterocycles. The lowest BCUT2D eigenvalue weighted by Gasteiger charge is -2.27. The van der Waals surface area contributed by atoms with Gasteiger partial charge in [-0.05, 0) is 122 Å². The predicted octanol–water partition coefficient (Wildman–Crippen LogP) is 18.9. The number of nitrogens with zero attached hydrogens (tertiary/aromatic N) is 1. The van der Waals surface area contributed by atoms with Crippen molar-refractivity contribution in [3.63, 3.8) is 0 Å². The van der Waals surface area contributed by atoms with Gasteiger partial charge in [0.15, 0.2) is 5.58 Å². The van der Waals surface area contributed by atoms with Gasteiger partial charge in [-0.3, -0.25) is 0 Å². The van der Waals surface area contributed by atoms with E-state index in [4.69, 9.17) is 4.42 Å². The van der Waals surface area contributed by atoms with Crippen LogP contribution in [0.5, 0.6) is 0 Å². The molecular weight excluding hydrogens is 831 g/mol. The molecule has 3 heteroatoms. The van der Waals surface area contributed by atoms with E-state index in [-0.39, 0.29) is 0 Å². The van der Waals surface area contributed by atoms with E-state index in [0.717, 1.165) is 66.5 Å². The topological polar surface area (TPSA) is 16.4 Å². The van der Waals surface area contributed by atoms with Gasteiger partial charge in [0, 0.05) is 37.3 Å². The minimum atomic E-state index is 0.850. The molecule has 67 heavy (non-hydrogen) atoms. The molecule has 0 aliphatic heterocycles. The summed E-state index contributed by atoms with van der Waals surface area (Å²) in [5.74, 6) is 0. The summed E-state index contributed by atoms with van der Waals surface area (Å²) in [4.78, 5) is 2.43. The lowest BCUT2D eigenvalue weighted by atomic mass is 9.92. The van der Waals surface area contributed by atoms with Crippen LogP contribution in [0.1, 0.15) is 0 Å². The van der Waals surface area contributed by atoms with E-state index in [0.29, 0.717) is 0 Å². The minimum Gasteiger partial charge on any atom is -0.453 e. The molecule has 0 atom stereocenters. The number of thiophene rings is 1. The van der Waals surface area contributed by atoms with E-state index >= 15 is 0 Å². The summed E-state index contributed by atoms with van der Waals surface area (Å²) >= 11 is 1.85. The molecule has 314 valence electrons. The summed E-state index contributed by atoms with van der Waals surface area (Å²) in [5.41, 5.74) is 16.6. The summed E-state index contributed by atoms with van der Waals surface area (Å²) < 4.78 is 9.71. The number of furan rings is 1. The van der Waals surface area contributed by atoms with E-state index < -0.39 is 0 Å². The molecule has 13 aromatic rings. The SMILES string of the molecule is c1ccc(-c2ccc(N(c3cc(-c4ccc(-c5cc(-c6ccccc6)cc(-c6ccccc6)c5)cc4)cc4c3oc3c5ccccc5ccc43)c3cccc4c3sc3ccccc34)cc2)cc1. The second-order valence-electron chi connectivity index (χ2n) is 17.2. The second kappa shape index (κ2) is 16.2. The van der Waals surface area contributed by atoms with Crippen LogP contribution < -0.4 is 4.90 Å². The highest BCUT2D eigenvalue weighted by Gasteiger charge is 2.25. The molecule has 0 saturated heterocycles. The molecule has 0 spiro atoms. The standard InChI is InChI=1S/C64H41NOS/c1-4-15-42(16-5-1)45-31-34-53(35-32-45)65(59-25-14-24-57-55-23-12-13-26-61(55)67-64(57)59)60-41-52(40-58-56-36-33-48-21-10-11-22-54(48)62(56)66-63(58)60)47-29-27-46(28-30-47)51-38-49(43-17-6-2-7-18-43)37-50(39-51)44-19-8-3-9-20-44/h1-41H. The Labute approximate surface area is 392 Å². The monoisotopic (exact) mass is 871 g/mol. The number of fused-ring (bicyclic) bond motifs is 8. The molecule has 0 amide bonds. The van der Waals surface area contributed by atoms with Crippen molar-refractivity contribution in [2.75, 3.05) is 4.90 Å². The van der Waals surface area contributed by atoms with Crippen LogP contribution in [0, 0.1) is 0 Å². The molecule has 0 saturated carbocycles. The molecule has 2 heterocycles. The van der Waals surface area contributed by atoms with Gasteiger partial charge in [0.25, 0.3) is 0 Å². The Morgan fingerprint density at radius 3 is 1.42 bits per heavy atom. The maximum atomic E-state index is 7.21. The molecule has 0 radical (unpaired) electrons. The summed E-state index contributed by atoms with van der Waals surface area (Å²) in [6.07, 6.45) is 0. The lowest BCUT2D eigenvalue weighted by molar-refractivity contribution is 0.673. The van der Waals surface area contributed by atoms with Crippen LogP contribution in [0.3, 0.4) is 0 Å². The molecule has 13 rings (SSSR count). The first-order valence-corrected chi connectivity index (χ1v) is 23.6. The van der Waals surface area contributed by atoms with Gasteiger partial charge >= 0.3 is 0 Å². The molecule has 11 aromatic carbocycles. The highest BCUT2D eigenvalue weighted by atomic mass is 32.1. The Kier molecular flexibility index (Phi) is 9.40. The van der Waals surface area contributed by atoms with Crippen LogP contribution in [-0.4, -0.2) is 0 Å². The van der Waals surface area contributed by atoms with Crippen LogP contribution in [0.4, 0.5) is 17.1 Å². The van der Waals surface area contributed by atoms with Crippen LogP contribution in [0.2, 0.25) is 0 Å². The average molecular weight is 872 g/mol. The smallest absolute Gasteiger partial charge is 0.159 e. The summed E-state index contributed by atoms with van der Waals surface area (Å²) in [6.45, 7) is 0. The minimum absolute atomic E-state index is 0.850. The van der Waals surface area contributed by atoms with Gasteiger partial charge in [0.05, 0.1) is 16.1 Å². The Bertz CT molecular complexity index is 3890. The van der Waals surface area contributed by atoms with Crippen LogP contribution in [0.25, 0.3) is 109 Å². The first-order valence-electron chi connectivity index (χ1n) is 22.8. The summed E-state index contributed by atoms with van der Waals surface area (Å²) in [6, 6.07) is 90.1. The third-order valence-corrected chi connectivity index (χ3v) is 14.4. The van der Waals surface area contributed by atoms with Gasteiger partial charge in [-0.15, -0.1) is 11.3 Å². The fourth-order valence-electron chi connectivity index (χ4n) is 9.91. The van der Waals surface area contributed by atoms with Crippen LogP contribution >= 0.6 is 11.3 Å². The van der Waals surface area contributed by atoms with Gasteiger partial charge in [0.1, 0.15) is 5.58 Å². The van der Waals surface area contributed by atoms with Gasteiger partial charge in [-0.2, -0.15) is 0 Å². The normalized spacial score (nSPS) is 11.6. The van der Waals surface area contributed by atoms with E-state index in [1.807, 2.05) is 11.3 Å². The summed E-state index contributed by atoms with van der Waals surface area (Å²) in [5, 5.41) is 6.94. The van der Waals surface area contributed by atoms with Gasteiger partial charge < -0.3 is 9.32 Å². The maximum Gasteiger partial charge on any atom is 0.159 e. The number of rotatable bonds is 8. The number of hydrogen-bond acceptors (Lipinski definition) is 3. The van der Waals surface area contributed by atoms with Crippen molar-refractivity contribution in [3.05, 3.63) is 249 Å². The summed E-state index contributed by atoms with van der Waals surface area (Å²) in [7, 11) is 0. The first kappa shape index (κ1) is 38.9. The van der Waals surface area contributed by atoms with Gasteiger partial charge in [-0.25, -0.2) is 0 Å². The number of anilines is 3. The Morgan fingerprint density at radius 2 is 0.776 bits per heavy atom. The third-order valence-electron chi connectivity index (χ3n) is 13.2. The molecule has 2 nitrogen and oxygen atoms in total. The lowest BCUT2D eigenvalue weighted by Crippen LogP contribution is -2.10. The Hall–Kier alpha value is -8.50. The largest absolute Gasteiger partial charge is 0.453 e. The highest BCUT2D eigenvalue weighted by Crippen LogP contribution is 2.50. The van der Waals surface area contributed by atoms with Gasteiger partial charge in [0.2, 0.25) is 0 Å². The quantitative estimate of drug-likeness (QED) is 0.151. The Balaban J connectivity index is 1.03. The molecule has 0 N–H and O–H groups in total. The van der Waals surface area contributed by atoms with Crippen molar-refractivity contribution in [3.8, 4) is 55.6 Å². The molecule has 0 aliphatic rings. The van der Waals surface area contributed by atoms with Crippen molar-refractivity contribution in [1.29, 1.82) is 0 Å². The van der Waals surface area contributed by atoms with E-state index in [1.165, 1.54) is 59.1 Å². The molecule has 0 aliphatic carbocycles. The zero-order valence-electron chi connectivity index (χ0n) is 36.4. The zero-order chi connectivity index (χ0) is 44.3. The van der Waals surface area contributed by atoms with E-state index in [2.05, 4.69) is 254 Å². The van der Waals surface area contributed by atoms with Crippen molar-refractivity contribution >= 4 is 81.3 Å². The predicted molar refractivity (Wildman–Crippen MR) is 286 cm³/mol. The first-order chi connectivity index (χ1) is 33.2. The Morgan fingerprint density at radius 1 is 0.284 bits per heavy atom. The van der Waals surface area contributed by atoms with E-state index in [1.54, 1.807) is 0 Å². The molecular formula is C64H41NOS. The van der Waals surface area contributed by atoms with Crippen molar-refractivity contribution in [2.24, 2.45) is 0 Å².